The van der Waals surface area contributed by atoms with Gasteiger partial charge in [0.05, 0.1) is 0 Å². The van der Waals surface area contributed by atoms with E-state index in [-0.39, 0.29) is 0 Å². The number of hydrogen-bond donors (Lipinski definition) is 0. The molecule has 0 saturated carbocycles. The molecule has 0 N–H and O–H groups in total. The van der Waals surface area contributed by atoms with Crippen molar-refractivity contribution in [2.45, 2.75) is 51.4 Å². The number of aryl methyl sites for hydroxylation is 2. The summed E-state index contributed by atoms with van der Waals surface area (Å²) >= 11 is 0. The monoisotopic (exact) mass is 466 g/mol. The molecule has 3 rings (SSSR count). The molecule has 178 valence electrons. The van der Waals surface area contributed by atoms with Crippen LogP contribution in [0.25, 0.3) is 11.1 Å². The van der Waals surface area contributed by atoms with Gasteiger partial charge in [-0.1, -0.05) is 97.1 Å². The smallest absolute Gasteiger partial charge is 0.194 e. The second-order valence-electron chi connectivity index (χ2n) is 8.34. The molecule has 0 fully saturated rings. The molecule has 0 atom stereocenters. The number of rotatable bonds is 10. The number of halogens is 4. The summed E-state index contributed by atoms with van der Waals surface area (Å²) in [6.07, 6.45) is 11.3. The molecule has 3 aromatic rings. The predicted octanol–water partition coefficient (Wildman–Crippen LogP) is 9.25. The Kier molecular flexibility index (Phi) is 8.49. The van der Waals surface area contributed by atoms with Gasteiger partial charge in [-0.25, -0.2) is 0 Å². The number of allylic oxidation sites excluding steroid dienone is 4. The average molecular weight is 467 g/mol. The molecular weight excluding hydrogens is 436 g/mol. The van der Waals surface area contributed by atoms with Crippen molar-refractivity contribution in [1.29, 1.82) is 0 Å². The summed E-state index contributed by atoms with van der Waals surface area (Å²) in [5, 5.41) is 0. The number of benzene rings is 3. The average Bonchev–Trinajstić information content (AvgIpc) is 2.85. The van der Waals surface area contributed by atoms with Gasteiger partial charge in [0, 0.05) is 11.1 Å². The van der Waals surface area contributed by atoms with Crippen molar-refractivity contribution in [3.63, 3.8) is 0 Å². The van der Waals surface area contributed by atoms with Gasteiger partial charge < -0.3 is 0 Å². The zero-order valence-corrected chi connectivity index (χ0v) is 19.6. The fraction of sp³-hybridized carbons (Fsp3) is 0.267. The van der Waals surface area contributed by atoms with Gasteiger partial charge >= 0.3 is 11.8 Å². The molecule has 4 heteroatoms. The Morgan fingerprint density at radius 2 is 0.853 bits per heavy atom. The topological polar surface area (TPSA) is 0 Å². The highest BCUT2D eigenvalue weighted by atomic mass is 19.3. The van der Waals surface area contributed by atoms with Crippen LogP contribution in [0.15, 0.2) is 97.1 Å². The van der Waals surface area contributed by atoms with Crippen LogP contribution in [0.3, 0.4) is 0 Å². The molecule has 0 aliphatic carbocycles. The van der Waals surface area contributed by atoms with Crippen LogP contribution in [0.2, 0.25) is 0 Å². The van der Waals surface area contributed by atoms with Crippen LogP contribution in [-0.4, -0.2) is 0 Å². The first-order chi connectivity index (χ1) is 16.3. The van der Waals surface area contributed by atoms with Crippen LogP contribution >= 0.6 is 0 Å². The van der Waals surface area contributed by atoms with Crippen molar-refractivity contribution < 1.29 is 17.6 Å². The fourth-order valence-corrected chi connectivity index (χ4v) is 3.81. The Morgan fingerprint density at radius 1 is 0.529 bits per heavy atom. The minimum absolute atomic E-state index is 0.671. The summed E-state index contributed by atoms with van der Waals surface area (Å²) in [6.45, 7) is 3.89. The molecule has 0 nitrogen and oxygen atoms in total. The molecule has 0 saturated heterocycles. The van der Waals surface area contributed by atoms with Gasteiger partial charge in [0.1, 0.15) is 0 Å². The first-order valence-electron chi connectivity index (χ1n) is 11.6. The molecule has 0 bridgehead atoms. The van der Waals surface area contributed by atoms with Gasteiger partial charge in [0.25, 0.3) is 0 Å². The Labute approximate surface area is 199 Å². The summed E-state index contributed by atoms with van der Waals surface area (Å²) in [5.41, 5.74) is 2.17. The Balaban J connectivity index is 1.75. The minimum Gasteiger partial charge on any atom is -0.194 e. The van der Waals surface area contributed by atoms with Crippen LogP contribution in [0.1, 0.15) is 48.9 Å². The third-order valence-electron chi connectivity index (χ3n) is 5.92. The lowest BCUT2D eigenvalue weighted by Gasteiger charge is -2.27. The van der Waals surface area contributed by atoms with E-state index < -0.39 is 23.0 Å². The van der Waals surface area contributed by atoms with Crippen molar-refractivity contribution in [3.8, 4) is 11.1 Å². The highest BCUT2D eigenvalue weighted by Crippen LogP contribution is 2.49. The van der Waals surface area contributed by atoms with E-state index in [0.29, 0.717) is 12.0 Å². The molecule has 0 aromatic heterocycles. The van der Waals surface area contributed by atoms with Crippen molar-refractivity contribution in [3.05, 3.63) is 119 Å². The second kappa shape index (κ2) is 11.3. The highest BCUT2D eigenvalue weighted by Gasteiger charge is 2.58. The molecule has 0 aliphatic rings. The minimum atomic E-state index is -4.34. The van der Waals surface area contributed by atoms with E-state index in [0.717, 1.165) is 54.7 Å². The maximum atomic E-state index is 14.9. The Bertz CT molecular complexity index is 1090. The van der Waals surface area contributed by atoms with E-state index in [2.05, 4.69) is 6.08 Å². The number of hydrogen-bond acceptors (Lipinski definition) is 0. The second-order valence-corrected chi connectivity index (χ2v) is 8.34. The maximum Gasteiger partial charge on any atom is 0.339 e. The first kappa shape index (κ1) is 25.5. The lowest BCUT2D eigenvalue weighted by molar-refractivity contribution is -0.223. The largest absolute Gasteiger partial charge is 0.339 e. The van der Waals surface area contributed by atoms with E-state index in [9.17, 15) is 17.6 Å². The summed E-state index contributed by atoms with van der Waals surface area (Å²) < 4.78 is 59.7. The summed E-state index contributed by atoms with van der Waals surface area (Å²) in [4.78, 5) is 0. The standard InChI is InChI=1S/C30H30F4/c1-3-5-7-9-23-11-15-25(16-12-23)26-17-21-28(22-18-26)30(33,34)29(31,32)27-19-13-24(14-20-27)10-8-6-4-2/h3-6,11-22H,7-10H2,1-2H3/b5-3+,6-4+. The summed E-state index contributed by atoms with van der Waals surface area (Å²) in [5.74, 6) is -8.67. The van der Waals surface area contributed by atoms with E-state index >= 15 is 0 Å². The van der Waals surface area contributed by atoms with E-state index in [1.807, 2.05) is 56.3 Å². The van der Waals surface area contributed by atoms with Crippen LogP contribution in [0.5, 0.6) is 0 Å². The lowest BCUT2D eigenvalue weighted by Crippen LogP contribution is -2.35. The van der Waals surface area contributed by atoms with Crippen LogP contribution in [0.4, 0.5) is 17.6 Å². The third-order valence-corrected chi connectivity index (χ3v) is 5.92. The van der Waals surface area contributed by atoms with Crippen LogP contribution in [0, 0.1) is 0 Å². The van der Waals surface area contributed by atoms with E-state index in [4.69, 9.17) is 0 Å². The third kappa shape index (κ3) is 5.85. The quantitative estimate of drug-likeness (QED) is 0.206. The van der Waals surface area contributed by atoms with Crippen molar-refractivity contribution in [2.24, 2.45) is 0 Å². The molecule has 0 radical (unpaired) electrons. The zero-order valence-electron chi connectivity index (χ0n) is 19.6. The molecule has 0 aliphatic heterocycles. The maximum absolute atomic E-state index is 14.9. The molecule has 0 unspecified atom stereocenters. The first-order valence-corrected chi connectivity index (χ1v) is 11.6. The molecule has 34 heavy (non-hydrogen) atoms. The van der Waals surface area contributed by atoms with Crippen molar-refractivity contribution >= 4 is 0 Å². The number of alkyl halides is 4. The van der Waals surface area contributed by atoms with Gasteiger partial charge in [-0.3, -0.25) is 0 Å². The van der Waals surface area contributed by atoms with Gasteiger partial charge in [0.2, 0.25) is 0 Å². The normalized spacial score (nSPS) is 12.6. The SMILES string of the molecule is C/C=C/CCc1ccc(-c2ccc(C(F)(F)C(F)(F)c3ccc(CC/C=C/C)cc3)cc2)cc1. The molecule has 3 aromatic carbocycles. The molecular formula is C30H30F4. The predicted molar refractivity (Wildman–Crippen MR) is 132 cm³/mol. The van der Waals surface area contributed by atoms with Crippen LogP contribution in [-0.2, 0) is 24.7 Å². The zero-order chi connectivity index (χ0) is 24.6. The Hall–Kier alpha value is -3.14. The van der Waals surface area contributed by atoms with Crippen LogP contribution < -0.4 is 0 Å². The van der Waals surface area contributed by atoms with Crippen molar-refractivity contribution in [2.75, 3.05) is 0 Å². The van der Waals surface area contributed by atoms with E-state index in [1.54, 1.807) is 0 Å². The van der Waals surface area contributed by atoms with Crippen molar-refractivity contribution in [1.82, 2.24) is 0 Å². The lowest BCUT2D eigenvalue weighted by atomic mass is 9.93. The van der Waals surface area contributed by atoms with E-state index in [1.165, 1.54) is 29.8 Å². The Morgan fingerprint density at radius 3 is 1.24 bits per heavy atom. The summed E-state index contributed by atoms with van der Waals surface area (Å²) in [6, 6.07) is 18.2. The molecule has 0 heterocycles. The molecule has 0 spiro atoms. The van der Waals surface area contributed by atoms with Gasteiger partial charge in [-0.2, -0.15) is 17.6 Å². The highest BCUT2D eigenvalue weighted by molar-refractivity contribution is 5.64. The van der Waals surface area contributed by atoms with Gasteiger partial charge in [-0.15, -0.1) is 0 Å². The van der Waals surface area contributed by atoms with Gasteiger partial charge in [0.15, 0.2) is 0 Å². The fourth-order valence-electron chi connectivity index (χ4n) is 3.81. The molecule has 0 amide bonds. The summed E-state index contributed by atoms with van der Waals surface area (Å²) in [7, 11) is 0. The van der Waals surface area contributed by atoms with Gasteiger partial charge in [-0.05, 0) is 61.8 Å².